The summed E-state index contributed by atoms with van der Waals surface area (Å²) in [5.41, 5.74) is 1.23. The fourth-order valence-corrected chi connectivity index (χ4v) is 3.48. The number of carboxylic acids is 1. The highest BCUT2D eigenvalue weighted by atomic mass is 16.5. The number of pyridine rings is 2. The van der Waals surface area contributed by atoms with E-state index in [0.29, 0.717) is 23.7 Å². The van der Waals surface area contributed by atoms with Crippen LogP contribution in [0, 0.1) is 12.8 Å². The van der Waals surface area contributed by atoms with Gasteiger partial charge in [0.1, 0.15) is 11.6 Å². The zero-order valence-corrected chi connectivity index (χ0v) is 17.4. The lowest BCUT2D eigenvalue weighted by molar-refractivity contribution is 0.0696. The maximum Gasteiger partial charge on any atom is 0.337 e. The Morgan fingerprint density at radius 2 is 2.06 bits per heavy atom. The molecule has 9 heteroatoms. The third-order valence-electron chi connectivity index (χ3n) is 5.35. The summed E-state index contributed by atoms with van der Waals surface area (Å²) in [5, 5.41) is 9.60. The van der Waals surface area contributed by atoms with Crippen LogP contribution in [0.5, 0.6) is 11.6 Å². The van der Waals surface area contributed by atoms with E-state index in [1.807, 2.05) is 12.1 Å². The van der Waals surface area contributed by atoms with Crippen molar-refractivity contribution >= 4 is 5.97 Å². The Morgan fingerprint density at radius 3 is 2.74 bits per heavy atom. The van der Waals surface area contributed by atoms with Gasteiger partial charge in [-0.15, -0.1) is 0 Å². The summed E-state index contributed by atoms with van der Waals surface area (Å²) in [5.74, 6) is 0.870. The highest BCUT2D eigenvalue weighted by Crippen LogP contribution is 2.47. The standard InChI is InChI=1S/C22H22N4O5/c1-12-23-9-17(16-7-20(27)26(2)10-18(16)22(28)29)21(25-12)31-11-13-6-15(13)19-5-4-14(30-3)8-24-19/h4-5,7-10,13,15H,6,11H2,1-3H3,(H,28,29)/t13-,15+/m1/s1. The lowest BCUT2D eigenvalue weighted by Gasteiger charge is -2.13. The molecule has 160 valence electrons. The Hall–Kier alpha value is -3.75. The number of rotatable bonds is 7. The molecule has 9 nitrogen and oxygen atoms in total. The summed E-state index contributed by atoms with van der Waals surface area (Å²) >= 11 is 0. The van der Waals surface area contributed by atoms with Gasteiger partial charge in [0.05, 0.1) is 31.0 Å². The minimum atomic E-state index is -1.15. The van der Waals surface area contributed by atoms with E-state index in [9.17, 15) is 14.7 Å². The number of aromatic nitrogens is 4. The third-order valence-corrected chi connectivity index (χ3v) is 5.35. The average Bonchev–Trinajstić information content (AvgIpc) is 3.54. The first-order chi connectivity index (χ1) is 14.9. The number of hydrogen-bond donors (Lipinski definition) is 1. The van der Waals surface area contributed by atoms with Crippen LogP contribution in [0.25, 0.3) is 11.1 Å². The molecule has 4 rings (SSSR count). The molecule has 1 aliphatic rings. The van der Waals surface area contributed by atoms with Gasteiger partial charge in [-0.25, -0.2) is 9.78 Å². The Morgan fingerprint density at radius 1 is 1.26 bits per heavy atom. The number of aromatic carboxylic acids is 1. The number of aryl methyl sites for hydroxylation is 2. The van der Waals surface area contributed by atoms with E-state index in [4.69, 9.17) is 9.47 Å². The molecule has 3 aromatic rings. The van der Waals surface area contributed by atoms with Crippen molar-refractivity contribution in [1.82, 2.24) is 19.5 Å². The number of carbonyl (C=O) groups is 1. The molecule has 0 radical (unpaired) electrons. The third kappa shape index (κ3) is 4.25. The molecule has 0 amide bonds. The van der Waals surface area contributed by atoms with Gasteiger partial charge in [0.25, 0.3) is 5.56 Å². The number of nitrogens with zero attached hydrogens (tertiary/aromatic N) is 4. The second kappa shape index (κ2) is 8.17. The SMILES string of the molecule is COc1ccc([C@H]2C[C@@H]2COc2nc(C)ncc2-c2cc(=O)n(C)cc2C(=O)O)nc1. The second-order valence-electron chi connectivity index (χ2n) is 7.53. The molecule has 0 bridgehead atoms. The molecule has 0 aromatic carbocycles. The zero-order chi connectivity index (χ0) is 22.1. The smallest absolute Gasteiger partial charge is 0.337 e. The average molecular weight is 422 g/mol. The lowest BCUT2D eigenvalue weighted by Crippen LogP contribution is -2.18. The molecule has 3 heterocycles. The maximum absolute atomic E-state index is 12.2. The first-order valence-electron chi connectivity index (χ1n) is 9.78. The van der Waals surface area contributed by atoms with Gasteiger partial charge in [0.15, 0.2) is 0 Å². The van der Waals surface area contributed by atoms with Gasteiger partial charge in [-0.05, 0) is 25.5 Å². The topological polar surface area (TPSA) is 116 Å². The Labute approximate surface area is 178 Å². The van der Waals surface area contributed by atoms with Crippen LogP contribution >= 0.6 is 0 Å². The first kappa shape index (κ1) is 20.5. The predicted molar refractivity (Wildman–Crippen MR) is 112 cm³/mol. The van der Waals surface area contributed by atoms with E-state index in [0.717, 1.165) is 12.1 Å². The van der Waals surface area contributed by atoms with Crippen LogP contribution in [0.3, 0.4) is 0 Å². The summed E-state index contributed by atoms with van der Waals surface area (Å²) in [6.45, 7) is 2.12. The van der Waals surface area contributed by atoms with Gasteiger partial charge >= 0.3 is 5.97 Å². The van der Waals surface area contributed by atoms with Crippen molar-refractivity contribution in [2.24, 2.45) is 13.0 Å². The molecular weight excluding hydrogens is 400 g/mol. The molecule has 31 heavy (non-hydrogen) atoms. The van der Waals surface area contributed by atoms with Crippen molar-refractivity contribution in [3.63, 3.8) is 0 Å². The molecule has 1 saturated carbocycles. The Balaban J connectivity index is 1.57. The fraction of sp³-hybridized carbons (Fsp3) is 0.318. The summed E-state index contributed by atoms with van der Waals surface area (Å²) in [6.07, 6.45) is 5.41. The van der Waals surface area contributed by atoms with Crippen LogP contribution < -0.4 is 15.0 Å². The number of methoxy groups -OCH3 is 1. The fourth-order valence-electron chi connectivity index (χ4n) is 3.48. The highest BCUT2D eigenvalue weighted by molar-refractivity contribution is 5.96. The highest BCUT2D eigenvalue weighted by Gasteiger charge is 2.40. The first-order valence-corrected chi connectivity index (χ1v) is 9.78. The van der Waals surface area contributed by atoms with E-state index in [1.54, 1.807) is 20.2 Å². The van der Waals surface area contributed by atoms with Gasteiger partial charge in [-0.2, -0.15) is 4.98 Å². The predicted octanol–water partition coefficient (Wildman–Crippen LogP) is 2.44. The summed E-state index contributed by atoms with van der Waals surface area (Å²) in [7, 11) is 3.10. The number of carboxylic acid groups (broad SMARTS) is 1. The van der Waals surface area contributed by atoms with Crippen molar-refractivity contribution in [3.8, 4) is 22.8 Å². The van der Waals surface area contributed by atoms with Crippen LogP contribution in [0.15, 0.2) is 41.6 Å². The van der Waals surface area contributed by atoms with Crippen LogP contribution in [-0.4, -0.2) is 44.3 Å². The molecule has 0 unspecified atom stereocenters. The molecule has 0 spiro atoms. The summed E-state index contributed by atoms with van der Waals surface area (Å²) in [4.78, 5) is 36.9. The quantitative estimate of drug-likeness (QED) is 0.617. The molecule has 1 N–H and O–H groups in total. The van der Waals surface area contributed by atoms with Crippen molar-refractivity contribution in [2.45, 2.75) is 19.3 Å². The Bertz CT molecular complexity index is 1190. The van der Waals surface area contributed by atoms with Gasteiger partial charge in [-0.1, -0.05) is 0 Å². The Kier molecular flexibility index (Phi) is 5.41. The van der Waals surface area contributed by atoms with E-state index in [2.05, 4.69) is 15.0 Å². The minimum Gasteiger partial charge on any atom is -0.495 e. The largest absolute Gasteiger partial charge is 0.495 e. The molecule has 3 aromatic heterocycles. The molecule has 0 saturated heterocycles. The molecule has 0 aliphatic heterocycles. The van der Waals surface area contributed by atoms with Crippen LogP contribution in [0.2, 0.25) is 0 Å². The van der Waals surface area contributed by atoms with Crippen molar-refractivity contribution in [2.75, 3.05) is 13.7 Å². The van der Waals surface area contributed by atoms with Gasteiger partial charge < -0.3 is 19.1 Å². The van der Waals surface area contributed by atoms with Crippen molar-refractivity contribution in [1.29, 1.82) is 0 Å². The summed E-state index contributed by atoms with van der Waals surface area (Å²) in [6, 6.07) is 5.10. The van der Waals surface area contributed by atoms with Gasteiger partial charge in [-0.3, -0.25) is 9.78 Å². The van der Waals surface area contributed by atoms with Crippen molar-refractivity contribution < 1.29 is 19.4 Å². The zero-order valence-electron chi connectivity index (χ0n) is 17.4. The molecule has 2 atom stereocenters. The molecule has 1 fully saturated rings. The normalized spacial score (nSPS) is 17.3. The minimum absolute atomic E-state index is 0.0221. The second-order valence-corrected chi connectivity index (χ2v) is 7.53. The number of ether oxygens (including phenoxy) is 2. The summed E-state index contributed by atoms with van der Waals surface area (Å²) < 4.78 is 12.4. The van der Waals surface area contributed by atoms with Gasteiger partial charge in [0.2, 0.25) is 5.88 Å². The van der Waals surface area contributed by atoms with E-state index < -0.39 is 5.97 Å². The molecular formula is C22H22N4O5. The molecule has 1 aliphatic carbocycles. The maximum atomic E-state index is 12.2. The van der Waals surface area contributed by atoms with E-state index >= 15 is 0 Å². The van der Waals surface area contributed by atoms with E-state index in [-0.39, 0.29) is 34.4 Å². The van der Waals surface area contributed by atoms with Crippen LogP contribution in [-0.2, 0) is 7.05 Å². The van der Waals surface area contributed by atoms with Crippen LogP contribution in [0.4, 0.5) is 0 Å². The van der Waals surface area contributed by atoms with Gasteiger partial charge in [0, 0.05) is 48.6 Å². The monoisotopic (exact) mass is 422 g/mol. The number of hydrogen-bond acceptors (Lipinski definition) is 7. The van der Waals surface area contributed by atoms with E-state index in [1.165, 1.54) is 30.1 Å². The lowest BCUT2D eigenvalue weighted by atomic mass is 10.0. The van der Waals surface area contributed by atoms with Crippen LogP contribution in [0.1, 0.15) is 34.2 Å². The van der Waals surface area contributed by atoms with Crippen molar-refractivity contribution in [3.05, 3.63) is 64.2 Å².